The molecule has 1 aromatic rings. The number of rotatable bonds is 2. The van der Waals surface area contributed by atoms with Crippen LogP contribution in [0.15, 0.2) is 6.07 Å². The van der Waals surface area contributed by atoms with Gasteiger partial charge >= 0.3 is 5.97 Å². The summed E-state index contributed by atoms with van der Waals surface area (Å²) >= 11 is 1.66. The first kappa shape index (κ1) is 16.5. The lowest BCUT2D eigenvalue weighted by atomic mass is 9.87. The van der Waals surface area contributed by atoms with Crippen LogP contribution >= 0.6 is 11.3 Å². The molecule has 126 valence electrons. The van der Waals surface area contributed by atoms with Gasteiger partial charge in [0.05, 0.1) is 10.8 Å². The maximum atomic E-state index is 12.8. The molecular weight excluding hydrogens is 310 g/mol. The van der Waals surface area contributed by atoms with E-state index in [2.05, 4.69) is 6.07 Å². The lowest BCUT2D eigenvalue weighted by Crippen LogP contribution is -2.44. The van der Waals surface area contributed by atoms with Crippen LogP contribution in [0.4, 0.5) is 0 Å². The first-order valence-electron chi connectivity index (χ1n) is 8.70. The summed E-state index contributed by atoms with van der Waals surface area (Å²) in [4.78, 5) is 28.1. The van der Waals surface area contributed by atoms with Crippen LogP contribution < -0.4 is 0 Å². The largest absolute Gasteiger partial charge is 0.481 e. The number of amides is 1. The van der Waals surface area contributed by atoms with Crippen molar-refractivity contribution in [2.75, 3.05) is 13.1 Å². The van der Waals surface area contributed by atoms with E-state index in [1.165, 1.54) is 36.1 Å². The van der Waals surface area contributed by atoms with E-state index in [9.17, 15) is 14.7 Å². The molecule has 1 fully saturated rings. The van der Waals surface area contributed by atoms with Crippen molar-refractivity contribution in [3.8, 4) is 0 Å². The van der Waals surface area contributed by atoms with Crippen LogP contribution in [-0.4, -0.2) is 35.0 Å². The number of fused-ring (bicyclic) bond motifs is 1. The van der Waals surface area contributed by atoms with Gasteiger partial charge < -0.3 is 10.0 Å². The smallest absolute Gasteiger partial charge is 0.306 e. The number of thiophene rings is 1. The number of carboxylic acids is 1. The molecule has 0 radical (unpaired) electrons. The monoisotopic (exact) mass is 335 g/mol. The Morgan fingerprint density at radius 1 is 1.22 bits per heavy atom. The zero-order valence-corrected chi connectivity index (χ0v) is 14.5. The maximum Gasteiger partial charge on any atom is 0.306 e. The molecule has 5 heteroatoms. The molecule has 1 aliphatic carbocycles. The van der Waals surface area contributed by atoms with Gasteiger partial charge in [0.1, 0.15) is 0 Å². The number of aliphatic carboxylic acids is 1. The summed E-state index contributed by atoms with van der Waals surface area (Å²) in [5, 5.41) is 9.21. The van der Waals surface area contributed by atoms with Crippen molar-refractivity contribution in [2.45, 2.75) is 51.9 Å². The van der Waals surface area contributed by atoms with Gasteiger partial charge in [0.25, 0.3) is 5.91 Å². The standard InChI is InChI=1S/C18H25NO3S/c1-12-11-19(9-8-14(12)18(21)22)17(20)16-10-13-6-4-2-3-5-7-15(13)23-16/h10,12,14H,2-9,11H2,1H3,(H,21,22). The minimum atomic E-state index is -0.733. The second kappa shape index (κ2) is 7.04. The molecule has 0 bridgehead atoms. The second-order valence-corrected chi connectivity index (χ2v) is 8.07. The summed E-state index contributed by atoms with van der Waals surface area (Å²) in [7, 11) is 0. The summed E-state index contributed by atoms with van der Waals surface area (Å²) in [5.74, 6) is -0.935. The first-order valence-corrected chi connectivity index (χ1v) is 9.51. The highest BCUT2D eigenvalue weighted by Gasteiger charge is 2.33. The first-order chi connectivity index (χ1) is 11.1. The number of nitrogens with zero attached hydrogens (tertiary/aromatic N) is 1. The molecule has 2 atom stereocenters. The molecule has 1 saturated heterocycles. The van der Waals surface area contributed by atoms with E-state index in [4.69, 9.17) is 0 Å². The highest BCUT2D eigenvalue weighted by Crippen LogP contribution is 2.31. The van der Waals surface area contributed by atoms with E-state index in [1.54, 1.807) is 11.3 Å². The van der Waals surface area contributed by atoms with Crippen LogP contribution in [0.3, 0.4) is 0 Å². The Bertz CT molecular complexity index is 570. The third kappa shape index (κ3) is 3.60. The minimum absolute atomic E-state index is 0.0196. The van der Waals surface area contributed by atoms with E-state index in [-0.39, 0.29) is 17.7 Å². The van der Waals surface area contributed by atoms with Crippen molar-refractivity contribution < 1.29 is 14.7 Å². The number of aryl methyl sites for hydroxylation is 2. The second-order valence-electron chi connectivity index (χ2n) is 6.94. The van der Waals surface area contributed by atoms with E-state index in [1.807, 2.05) is 11.8 Å². The number of piperidine rings is 1. The number of carbonyl (C=O) groups is 2. The molecule has 2 heterocycles. The summed E-state index contributed by atoms with van der Waals surface area (Å²) in [6.45, 7) is 3.05. The minimum Gasteiger partial charge on any atom is -0.481 e. The highest BCUT2D eigenvalue weighted by atomic mass is 32.1. The van der Waals surface area contributed by atoms with Gasteiger partial charge in [-0.25, -0.2) is 0 Å². The topological polar surface area (TPSA) is 57.6 Å². The van der Waals surface area contributed by atoms with Crippen LogP contribution in [-0.2, 0) is 17.6 Å². The van der Waals surface area contributed by atoms with Crippen LogP contribution in [0, 0.1) is 11.8 Å². The average molecular weight is 335 g/mol. The fourth-order valence-corrected chi connectivity index (χ4v) is 5.02. The van der Waals surface area contributed by atoms with Gasteiger partial charge in [-0.3, -0.25) is 9.59 Å². The number of hydrogen-bond acceptors (Lipinski definition) is 3. The predicted octanol–water partition coefficient (Wildman–Crippen LogP) is 3.59. The fraction of sp³-hybridized carbons (Fsp3) is 0.667. The van der Waals surface area contributed by atoms with Gasteiger partial charge in [0, 0.05) is 18.0 Å². The van der Waals surface area contributed by atoms with Crippen LogP contribution in [0.1, 0.15) is 59.1 Å². The Hall–Kier alpha value is -1.36. The molecule has 1 aromatic heterocycles. The molecule has 23 heavy (non-hydrogen) atoms. The molecule has 1 N–H and O–H groups in total. The molecule has 1 aliphatic heterocycles. The highest BCUT2D eigenvalue weighted by molar-refractivity contribution is 7.14. The Morgan fingerprint density at radius 2 is 1.96 bits per heavy atom. The Kier molecular flexibility index (Phi) is 5.05. The zero-order valence-electron chi connectivity index (χ0n) is 13.7. The van der Waals surface area contributed by atoms with E-state index < -0.39 is 5.97 Å². The van der Waals surface area contributed by atoms with Gasteiger partial charge in [-0.1, -0.05) is 19.8 Å². The lowest BCUT2D eigenvalue weighted by molar-refractivity contribution is -0.145. The summed E-state index contributed by atoms with van der Waals surface area (Å²) in [5.41, 5.74) is 1.37. The fourth-order valence-electron chi connectivity index (χ4n) is 3.80. The maximum absolute atomic E-state index is 12.8. The summed E-state index contributed by atoms with van der Waals surface area (Å²) in [6.07, 6.45) is 7.79. The normalized spacial score (nSPS) is 25.3. The van der Waals surface area contributed by atoms with Crippen molar-refractivity contribution in [2.24, 2.45) is 11.8 Å². The Balaban J connectivity index is 1.71. The quantitative estimate of drug-likeness (QED) is 0.898. The van der Waals surface area contributed by atoms with Gasteiger partial charge in [-0.2, -0.15) is 0 Å². The molecule has 2 aliphatic rings. The summed E-state index contributed by atoms with van der Waals surface area (Å²) < 4.78 is 0. The van der Waals surface area contributed by atoms with E-state index in [0.717, 1.165) is 17.7 Å². The van der Waals surface area contributed by atoms with Crippen molar-refractivity contribution in [3.63, 3.8) is 0 Å². The third-order valence-corrected chi connectivity index (χ3v) is 6.44. The summed E-state index contributed by atoms with van der Waals surface area (Å²) in [6, 6.07) is 2.10. The van der Waals surface area contributed by atoms with E-state index in [0.29, 0.717) is 19.5 Å². The van der Waals surface area contributed by atoms with Gasteiger partial charge in [0.2, 0.25) is 0 Å². The third-order valence-electron chi connectivity index (χ3n) is 5.22. The molecule has 3 rings (SSSR count). The molecule has 0 aromatic carbocycles. The zero-order chi connectivity index (χ0) is 16.4. The molecule has 0 spiro atoms. The molecular formula is C18H25NO3S. The number of hydrogen-bond donors (Lipinski definition) is 1. The lowest BCUT2D eigenvalue weighted by Gasteiger charge is -2.34. The number of carbonyl (C=O) groups excluding carboxylic acids is 1. The number of likely N-dealkylation sites (tertiary alicyclic amines) is 1. The number of carboxylic acid groups (broad SMARTS) is 1. The van der Waals surface area contributed by atoms with Crippen LogP contribution in [0.5, 0.6) is 0 Å². The molecule has 1 amide bonds. The van der Waals surface area contributed by atoms with E-state index >= 15 is 0 Å². The average Bonchev–Trinajstić information content (AvgIpc) is 2.88. The molecule has 4 nitrogen and oxygen atoms in total. The van der Waals surface area contributed by atoms with Crippen molar-refractivity contribution >= 4 is 23.2 Å². The van der Waals surface area contributed by atoms with Gasteiger partial charge in [0.15, 0.2) is 0 Å². The van der Waals surface area contributed by atoms with Crippen molar-refractivity contribution in [1.82, 2.24) is 4.90 Å². The van der Waals surface area contributed by atoms with Crippen molar-refractivity contribution in [1.29, 1.82) is 0 Å². The predicted molar refractivity (Wildman–Crippen MR) is 91.0 cm³/mol. The van der Waals surface area contributed by atoms with Crippen LogP contribution in [0.25, 0.3) is 0 Å². The SMILES string of the molecule is CC1CN(C(=O)c2cc3c(s2)CCCCCC3)CCC1C(=O)O. The van der Waals surface area contributed by atoms with Gasteiger partial charge in [-0.15, -0.1) is 11.3 Å². The molecule has 0 saturated carbocycles. The molecule has 2 unspecified atom stereocenters. The van der Waals surface area contributed by atoms with Crippen molar-refractivity contribution in [3.05, 3.63) is 21.4 Å². The van der Waals surface area contributed by atoms with Gasteiger partial charge in [-0.05, 0) is 49.7 Å². The van der Waals surface area contributed by atoms with Crippen LogP contribution in [0.2, 0.25) is 0 Å². The Morgan fingerprint density at radius 3 is 2.65 bits per heavy atom. The Labute approximate surface area is 141 Å².